The van der Waals surface area contributed by atoms with Gasteiger partial charge < -0.3 is 15.4 Å². The first-order valence-corrected chi connectivity index (χ1v) is 10.2. The molecule has 0 radical (unpaired) electrons. The Kier molecular flexibility index (Phi) is 6.97. The first kappa shape index (κ1) is 20.4. The number of hydrogen-bond acceptors (Lipinski definition) is 3. The maximum Gasteiger partial charge on any atom is 0.257 e. The second-order valence-corrected chi connectivity index (χ2v) is 8.20. The lowest BCUT2D eigenvalue weighted by Gasteiger charge is -2.14. The number of amides is 2. The van der Waals surface area contributed by atoms with Gasteiger partial charge in [0.2, 0.25) is 0 Å². The molecule has 1 fully saturated rings. The first-order valence-electron chi connectivity index (χ1n) is 8.40. The number of benzene rings is 2. The lowest BCUT2D eigenvalue weighted by molar-refractivity contribution is 0.0858. The molecule has 5 nitrogen and oxygen atoms in total. The van der Waals surface area contributed by atoms with Crippen LogP contribution in [0.25, 0.3) is 0 Å². The average molecular weight is 519 g/mol. The molecule has 8 heteroatoms. The van der Waals surface area contributed by atoms with Crippen molar-refractivity contribution in [2.75, 3.05) is 18.5 Å². The molecule has 1 heterocycles. The van der Waals surface area contributed by atoms with Crippen LogP contribution >= 0.6 is 45.8 Å². The summed E-state index contributed by atoms with van der Waals surface area (Å²) in [6.07, 6.45) is 1.99. The molecule has 1 aliphatic rings. The van der Waals surface area contributed by atoms with Crippen molar-refractivity contribution in [1.82, 2.24) is 5.32 Å². The Morgan fingerprint density at radius 3 is 2.63 bits per heavy atom. The molecule has 142 valence electrons. The zero-order chi connectivity index (χ0) is 19.4. The minimum Gasteiger partial charge on any atom is -0.376 e. The third-order valence-corrected chi connectivity index (χ3v) is 5.38. The van der Waals surface area contributed by atoms with Crippen LogP contribution in [0, 0.1) is 3.57 Å². The Bertz CT molecular complexity index is 870. The van der Waals surface area contributed by atoms with Crippen LogP contribution in [0.3, 0.4) is 0 Å². The Labute approximate surface area is 180 Å². The molecular formula is C19H17Cl2IN2O3. The van der Waals surface area contributed by atoms with E-state index in [-0.39, 0.29) is 22.6 Å². The molecule has 1 saturated heterocycles. The molecule has 0 saturated carbocycles. The highest BCUT2D eigenvalue weighted by Gasteiger charge is 2.20. The summed E-state index contributed by atoms with van der Waals surface area (Å²) in [5, 5.41) is 6.33. The fourth-order valence-electron chi connectivity index (χ4n) is 2.78. The van der Waals surface area contributed by atoms with Gasteiger partial charge in [0.15, 0.2) is 0 Å². The zero-order valence-corrected chi connectivity index (χ0v) is 17.9. The first-order chi connectivity index (χ1) is 12.9. The molecule has 0 aromatic heterocycles. The van der Waals surface area contributed by atoms with Crippen LogP contribution in [0.4, 0.5) is 5.69 Å². The third-order valence-electron chi connectivity index (χ3n) is 4.16. The van der Waals surface area contributed by atoms with E-state index < -0.39 is 5.91 Å². The SMILES string of the molecule is O=C(Nc1ccc(I)cc1C(=O)NCC1CCCO1)c1ccc(Cl)cc1Cl. The van der Waals surface area contributed by atoms with Crippen molar-refractivity contribution < 1.29 is 14.3 Å². The smallest absolute Gasteiger partial charge is 0.257 e. The Morgan fingerprint density at radius 1 is 1.11 bits per heavy atom. The van der Waals surface area contributed by atoms with Gasteiger partial charge in [-0.15, -0.1) is 0 Å². The van der Waals surface area contributed by atoms with Crippen LogP contribution in [0.15, 0.2) is 36.4 Å². The van der Waals surface area contributed by atoms with Crippen molar-refractivity contribution in [2.24, 2.45) is 0 Å². The van der Waals surface area contributed by atoms with Gasteiger partial charge in [0.1, 0.15) is 0 Å². The highest BCUT2D eigenvalue weighted by molar-refractivity contribution is 14.1. The standard InChI is InChI=1S/C19H17Cl2IN2O3/c20-11-3-5-14(16(21)8-11)19(26)24-17-6-4-12(22)9-15(17)18(25)23-10-13-2-1-7-27-13/h3-6,8-9,13H,1-2,7,10H2,(H,23,25)(H,24,26). The highest BCUT2D eigenvalue weighted by atomic mass is 127. The largest absolute Gasteiger partial charge is 0.376 e. The molecule has 2 aromatic rings. The summed E-state index contributed by atoms with van der Waals surface area (Å²) in [7, 11) is 0. The number of ether oxygens (including phenoxy) is 1. The number of rotatable bonds is 5. The van der Waals surface area contributed by atoms with Gasteiger partial charge >= 0.3 is 0 Å². The van der Waals surface area contributed by atoms with E-state index in [0.717, 1.165) is 23.0 Å². The van der Waals surface area contributed by atoms with E-state index in [9.17, 15) is 9.59 Å². The number of carbonyl (C=O) groups is 2. The molecule has 2 aromatic carbocycles. The maximum absolute atomic E-state index is 12.6. The Morgan fingerprint density at radius 2 is 1.93 bits per heavy atom. The zero-order valence-electron chi connectivity index (χ0n) is 14.2. The van der Waals surface area contributed by atoms with E-state index in [1.165, 1.54) is 6.07 Å². The van der Waals surface area contributed by atoms with Gasteiger partial charge in [0.05, 0.1) is 27.9 Å². The minimum absolute atomic E-state index is 0.0441. The summed E-state index contributed by atoms with van der Waals surface area (Å²) in [5.74, 6) is -0.674. The lowest BCUT2D eigenvalue weighted by Crippen LogP contribution is -2.32. The van der Waals surface area contributed by atoms with Crippen molar-refractivity contribution in [1.29, 1.82) is 0 Å². The van der Waals surface area contributed by atoms with Crippen LogP contribution in [0.2, 0.25) is 10.0 Å². The monoisotopic (exact) mass is 518 g/mol. The van der Waals surface area contributed by atoms with E-state index in [2.05, 4.69) is 33.2 Å². The van der Waals surface area contributed by atoms with E-state index in [0.29, 0.717) is 22.8 Å². The van der Waals surface area contributed by atoms with Crippen molar-refractivity contribution in [2.45, 2.75) is 18.9 Å². The van der Waals surface area contributed by atoms with Gasteiger partial charge in [0.25, 0.3) is 11.8 Å². The summed E-state index contributed by atoms with van der Waals surface area (Å²) in [5.41, 5.74) is 1.08. The van der Waals surface area contributed by atoms with Crippen molar-refractivity contribution >= 4 is 63.3 Å². The molecule has 2 N–H and O–H groups in total. The van der Waals surface area contributed by atoms with Crippen LogP contribution < -0.4 is 10.6 Å². The second-order valence-electron chi connectivity index (χ2n) is 6.11. The van der Waals surface area contributed by atoms with Gasteiger partial charge in [-0.05, 0) is 71.8 Å². The average Bonchev–Trinajstić information content (AvgIpc) is 3.14. The summed E-state index contributed by atoms with van der Waals surface area (Å²) in [6, 6.07) is 9.88. The van der Waals surface area contributed by atoms with Crippen molar-refractivity contribution in [3.63, 3.8) is 0 Å². The van der Waals surface area contributed by atoms with Gasteiger partial charge in [0, 0.05) is 21.7 Å². The molecule has 3 rings (SSSR count). The Balaban J connectivity index is 1.76. The molecule has 27 heavy (non-hydrogen) atoms. The molecule has 0 aliphatic carbocycles. The summed E-state index contributed by atoms with van der Waals surface area (Å²) < 4.78 is 6.41. The number of hydrogen-bond donors (Lipinski definition) is 2. The number of anilines is 1. The van der Waals surface area contributed by atoms with Crippen LogP contribution in [-0.2, 0) is 4.74 Å². The maximum atomic E-state index is 12.6. The number of nitrogens with one attached hydrogen (secondary N) is 2. The van der Waals surface area contributed by atoms with Gasteiger partial charge in [-0.1, -0.05) is 23.2 Å². The lowest BCUT2D eigenvalue weighted by atomic mass is 10.1. The number of halogens is 3. The second kappa shape index (κ2) is 9.23. The van der Waals surface area contributed by atoms with Crippen LogP contribution in [-0.4, -0.2) is 31.1 Å². The van der Waals surface area contributed by atoms with Gasteiger partial charge in [-0.3, -0.25) is 9.59 Å². The fraction of sp³-hybridized carbons (Fsp3) is 0.263. The number of carbonyl (C=O) groups excluding carboxylic acids is 2. The predicted molar refractivity (Wildman–Crippen MR) is 115 cm³/mol. The van der Waals surface area contributed by atoms with Crippen molar-refractivity contribution in [3.05, 3.63) is 61.1 Å². The van der Waals surface area contributed by atoms with Crippen LogP contribution in [0.1, 0.15) is 33.6 Å². The molecular weight excluding hydrogens is 502 g/mol. The third kappa shape index (κ3) is 5.34. The summed E-state index contributed by atoms with van der Waals surface area (Å²) in [6.45, 7) is 1.17. The fourth-order valence-corrected chi connectivity index (χ4v) is 3.77. The molecule has 1 atom stereocenters. The van der Waals surface area contributed by atoms with E-state index >= 15 is 0 Å². The molecule has 1 aliphatic heterocycles. The predicted octanol–water partition coefficient (Wildman–Crippen LogP) is 4.76. The topological polar surface area (TPSA) is 67.4 Å². The quantitative estimate of drug-likeness (QED) is 0.561. The van der Waals surface area contributed by atoms with E-state index in [4.69, 9.17) is 27.9 Å². The summed E-state index contributed by atoms with van der Waals surface area (Å²) in [4.78, 5) is 25.2. The highest BCUT2D eigenvalue weighted by Crippen LogP contribution is 2.24. The van der Waals surface area contributed by atoms with E-state index in [1.807, 2.05) is 6.07 Å². The van der Waals surface area contributed by atoms with Gasteiger partial charge in [-0.2, -0.15) is 0 Å². The van der Waals surface area contributed by atoms with Crippen LogP contribution in [0.5, 0.6) is 0 Å². The summed E-state index contributed by atoms with van der Waals surface area (Å²) >= 11 is 14.1. The normalized spacial score (nSPS) is 16.2. The van der Waals surface area contributed by atoms with Crippen molar-refractivity contribution in [3.8, 4) is 0 Å². The molecule has 2 amide bonds. The van der Waals surface area contributed by atoms with Gasteiger partial charge in [-0.25, -0.2) is 0 Å². The molecule has 0 bridgehead atoms. The molecule has 0 spiro atoms. The Hall–Kier alpha value is -1.35. The van der Waals surface area contributed by atoms with E-state index in [1.54, 1.807) is 24.3 Å². The molecule has 1 unspecified atom stereocenters. The minimum atomic E-state index is -0.411.